The number of ether oxygens (including phenoxy) is 1. The highest BCUT2D eigenvalue weighted by molar-refractivity contribution is 7.15. The van der Waals surface area contributed by atoms with Gasteiger partial charge in [-0.25, -0.2) is 4.98 Å². The molecule has 2 aromatic rings. The monoisotopic (exact) mass is 342 g/mol. The predicted octanol–water partition coefficient (Wildman–Crippen LogP) is 1.78. The van der Waals surface area contributed by atoms with Crippen molar-refractivity contribution in [3.05, 3.63) is 22.4 Å². The first-order valence-electron chi connectivity index (χ1n) is 7.32. The second-order valence-electron chi connectivity index (χ2n) is 5.40. The molecule has 0 unspecified atom stereocenters. The number of imidazole rings is 1. The molecular formula is C14H19ClN4O2S. The number of nitrogens with one attached hydrogen (secondary N) is 1. The Balaban J connectivity index is 1.59. The van der Waals surface area contributed by atoms with Crippen molar-refractivity contribution >= 4 is 33.8 Å². The molecule has 0 aliphatic carbocycles. The molecule has 1 saturated heterocycles. The van der Waals surface area contributed by atoms with E-state index in [9.17, 15) is 4.79 Å². The zero-order valence-corrected chi connectivity index (χ0v) is 14.0. The molecule has 0 saturated carbocycles. The van der Waals surface area contributed by atoms with Crippen molar-refractivity contribution in [1.82, 2.24) is 19.6 Å². The van der Waals surface area contributed by atoms with Gasteiger partial charge >= 0.3 is 0 Å². The van der Waals surface area contributed by atoms with Crippen LogP contribution >= 0.6 is 22.9 Å². The third-order valence-electron chi connectivity index (χ3n) is 3.75. The molecule has 2 aromatic heterocycles. The summed E-state index contributed by atoms with van der Waals surface area (Å²) in [5.41, 5.74) is 1.03. The zero-order valence-electron chi connectivity index (χ0n) is 12.4. The number of amides is 1. The van der Waals surface area contributed by atoms with Gasteiger partial charge in [0.2, 0.25) is 5.91 Å². The number of hydrogen-bond acceptors (Lipinski definition) is 5. The summed E-state index contributed by atoms with van der Waals surface area (Å²) in [4.78, 5) is 18.5. The second kappa shape index (κ2) is 6.95. The van der Waals surface area contributed by atoms with Gasteiger partial charge in [0.05, 0.1) is 18.4 Å². The Morgan fingerprint density at radius 1 is 1.64 bits per heavy atom. The Kier molecular flexibility index (Phi) is 4.97. The van der Waals surface area contributed by atoms with Crippen LogP contribution in [0.2, 0.25) is 5.15 Å². The molecule has 1 aliphatic heterocycles. The Morgan fingerprint density at radius 3 is 3.32 bits per heavy atom. The van der Waals surface area contributed by atoms with Crippen LogP contribution in [0.3, 0.4) is 0 Å². The molecule has 3 rings (SSSR count). The number of hydrogen-bond donors (Lipinski definition) is 1. The van der Waals surface area contributed by atoms with Gasteiger partial charge in [0.15, 0.2) is 10.1 Å². The summed E-state index contributed by atoms with van der Waals surface area (Å²) >= 11 is 7.84. The maximum absolute atomic E-state index is 10.9. The van der Waals surface area contributed by atoms with Gasteiger partial charge in [-0.1, -0.05) is 11.6 Å². The highest BCUT2D eigenvalue weighted by Crippen LogP contribution is 2.23. The topological polar surface area (TPSA) is 58.9 Å². The minimum Gasteiger partial charge on any atom is -0.375 e. The van der Waals surface area contributed by atoms with E-state index in [2.05, 4.69) is 19.6 Å². The Labute approximate surface area is 138 Å². The number of rotatable bonds is 5. The molecule has 1 N–H and O–H groups in total. The normalized spacial score (nSPS) is 19.6. The van der Waals surface area contributed by atoms with E-state index >= 15 is 0 Å². The molecule has 1 atom stereocenters. The lowest BCUT2D eigenvalue weighted by atomic mass is 10.2. The number of carbonyl (C=O) groups is 1. The van der Waals surface area contributed by atoms with E-state index in [0.717, 1.165) is 36.7 Å². The molecule has 0 bridgehead atoms. The van der Waals surface area contributed by atoms with Crippen LogP contribution in [0.25, 0.3) is 4.96 Å². The van der Waals surface area contributed by atoms with Crippen LogP contribution in [0.5, 0.6) is 0 Å². The van der Waals surface area contributed by atoms with Gasteiger partial charge in [0.1, 0.15) is 0 Å². The van der Waals surface area contributed by atoms with Crippen LogP contribution in [0, 0.1) is 0 Å². The predicted molar refractivity (Wildman–Crippen MR) is 86.4 cm³/mol. The van der Waals surface area contributed by atoms with Crippen molar-refractivity contribution in [3.63, 3.8) is 0 Å². The minimum absolute atomic E-state index is 0.00134. The Morgan fingerprint density at radius 2 is 2.50 bits per heavy atom. The summed E-state index contributed by atoms with van der Waals surface area (Å²) < 4.78 is 7.82. The lowest BCUT2D eigenvalue weighted by Crippen LogP contribution is -2.43. The smallest absolute Gasteiger partial charge is 0.216 e. The van der Waals surface area contributed by atoms with Crippen molar-refractivity contribution in [2.75, 3.05) is 26.2 Å². The average Bonchev–Trinajstić information content (AvgIpc) is 3.02. The van der Waals surface area contributed by atoms with Crippen LogP contribution < -0.4 is 5.32 Å². The van der Waals surface area contributed by atoms with E-state index in [0.29, 0.717) is 18.3 Å². The number of aromatic nitrogens is 2. The fourth-order valence-electron chi connectivity index (χ4n) is 2.67. The number of carbonyl (C=O) groups excluding carboxylic acids is 1. The van der Waals surface area contributed by atoms with E-state index in [1.807, 2.05) is 11.6 Å². The fourth-order valence-corrected chi connectivity index (χ4v) is 3.68. The highest BCUT2D eigenvalue weighted by atomic mass is 35.5. The van der Waals surface area contributed by atoms with Crippen LogP contribution in [-0.4, -0.2) is 52.5 Å². The molecule has 0 aromatic carbocycles. The van der Waals surface area contributed by atoms with Crippen LogP contribution in [0.1, 0.15) is 19.0 Å². The quantitative estimate of drug-likeness (QED) is 0.899. The van der Waals surface area contributed by atoms with Gasteiger partial charge in [0, 0.05) is 44.7 Å². The Bertz CT molecular complexity index is 656. The number of morpholine rings is 1. The molecule has 1 aliphatic rings. The van der Waals surface area contributed by atoms with E-state index < -0.39 is 0 Å². The van der Waals surface area contributed by atoms with Crippen molar-refractivity contribution in [1.29, 1.82) is 0 Å². The van der Waals surface area contributed by atoms with Gasteiger partial charge in [-0.2, -0.15) is 0 Å². The van der Waals surface area contributed by atoms with E-state index in [1.165, 1.54) is 6.92 Å². The molecule has 1 amide bonds. The standard InChI is InChI=1S/C14H19ClN4O2S/c1-10(20)16-3-2-11-8-18(4-6-21-11)9-12-13(15)17-14-19(12)5-7-22-14/h5,7,11H,2-4,6,8-9H2,1H3,(H,16,20)/t11-/m0/s1. The first-order valence-corrected chi connectivity index (χ1v) is 8.57. The fraction of sp³-hybridized carbons (Fsp3) is 0.571. The van der Waals surface area contributed by atoms with Gasteiger partial charge in [0.25, 0.3) is 0 Å². The van der Waals surface area contributed by atoms with Crippen molar-refractivity contribution in [3.8, 4) is 0 Å². The summed E-state index contributed by atoms with van der Waals surface area (Å²) in [5.74, 6) is -0.00134. The lowest BCUT2D eigenvalue weighted by Gasteiger charge is -2.32. The van der Waals surface area contributed by atoms with Crippen molar-refractivity contribution in [2.24, 2.45) is 0 Å². The third-order valence-corrected chi connectivity index (χ3v) is 4.81. The van der Waals surface area contributed by atoms with Gasteiger partial charge in [-0.05, 0) is 6.42 Å². The van der Waals surface area contributed by atoms with Crippen LogP contribution in [0.4, 0.5) is 0 Å². The SMILES string of the molecule is CC(=O)NCC[C@H]1CN(Cc2c(Cl)nc3sccn23)CCO1. The highest BCUT2D eigenvalue weighted by Gasteiger charge is 2.22. The summed E-state index contributed by atoms with van der Waals surface area (Å²) in [5, 5.41) is 5.40. The summed E-state index contributed by atoms with van der Waals surface area (Å²) in [6.07, 6.45) is 2.97. The average molecular weight is 343 g/mol. The second-order valence-corrected chi connectivity index (χ2v) is 6.64. The molecule has 0 radical (unpaired) electrons. The van der Waals surface area contributed by atoms with E-state index in [4.69, 9.17) is 16.3 Å². The first kappa shape index (κ1) is 15.7. The molecular weight excluding hydrogens is 324 g/mol. The van der Waals surface area contributed by atoms with Crippen LogP contribution in [-0.2, 0) is 16.1 Å². The number of nitrogens with zero attached hydrogens (tertiary/aromatic N) is 3. The van der Waals surface area contributed by atoms with Crippen molar-refractivity contribution in [2.45, 2.75) is 26.0 Å². The largest absolute Gasteiger partial charge is 0.375 e. The van der Waals surface area contributed by atoms with E-state index in [1.54, 1.807) is 11.3 Å². The molecule has 1 fully saturated rings. The van der Waals surface area contributed by atoms with Gasteiger partial charge in [-0.15, -0.1) is 11.3 Å². The van der Waals surface area contributed by atoms with E-state index in [-0.39, 0.29) is 12.0 Å². The summed E-state index contributed by atoms with van der Waals surface area (Å²) in [7, 11) is 0. The van der Waals surface area contributed by atoms with Gasteiger partial charge in [-0.3, -0.25) is 14.1 Å². The van der Waals surface area contributed by atoms with Crippen molar-refractivity contribution < 1.29 is 9.53 Å². The molecule has 0 spiro atoms. The number of halogens is 1. The number of fused-ring (bicyclic) bond motifs is 1. The zero-order chi connectivity index (χ0) is 15.5. The Hall–Kier alpha value is -1.15. The molecule has 3 heterocycles. The lowest BCUT2D eigenvalue weighted by molar-refractivity contribution is -0.119. The minimum atomic E-state index is -0.00134. The molecule has 6 nitrogen and oxygen atoms in total. The molecule has 8 heteroatoms. The molecule has 22 heavy (non-hydrogen) atoms. The first-order chi connectivity index (χ1) is 10.6. The van der Waals surface area contributed by atoms with Crippen LogP contribution in [0.15, 0.2) is 11.6 Å². The summed E-state index contributed by atoms with van der Waals surface area (Å²) in [6.45, 7) is 5.36. The van der Waals surface area contributed by atoms with Gasteiger partial charge < -0.3 is 10.1 Å². The maximum Gasteiger partial charge on any atom is 0.216 e. The summed E-state index contributed by atoms with van der Waals surface area (Å²) in [6, 6.07) is 0. The number of thiazole rings is 1. The maximum atomic E-state index is 10.9. The molecule has 120 valence electrons. The third kappa shape index (κ3) is 3.60.